The van der Waals surface area contributed by atoms with Gasteiger partial charge in [0.25, 0.3) is 0 Å². The highest BCUT2D eigenvalue weighted by molar-refractivity contribution is 5.11. The molecule has 0 aromatic carbocycles. The molecule has 140 valence electrons. The van der Waals surface area contributed by atoms with Gasteiger partial charge < -0.3 is 4.74 Å². The van der Waals surface area contributed by atoms with Crippen molar-refractivity contribution in [3.05, 3.63) is 24.3 Å². The first kappa shape index (κ1) is 20.2. The van der Waals surface area contributed by atoms with Crippen molar-refractivity contribution < 1.29 is 4.74 Å². The largest absolute Gasteiger partial charge is 0.378 e. The highest BCUT2D eigenvalue weighted by Crippen LogP contribution is 2.45. The molecule has 2 aliphatic carbocycles. The van der Waals surface area contributed by atoms with Crippen LogP contribution in [-0.2, 0) is 4.74 Å². The minimum absolute atomic E-state index is 0.0964. The van der Waals surface area contributed by atoms with Crippen LogP contribution in [0.5, 0.6) is 0 Å². The Balaban J connectivity index is 1.74. The molecule has 0 atom stereocenters. The molecule has 0 aliphatic heterocycles. The summed E-state index contributed by atoms with van der Waals surface area (Å²) in [4.78, 5) is 0. The first-order valence-corrected chi connectivity index (χ1v) is 10.5. The Labute approximate surface area is 155 Å². The van der Waals surface area contributed by atoms with Gasteiger partial charge in [0.2, 0.25) is 0 Å². The van der Waals surface area contributed by atoms with Crippen molar-refractivity contribution in [3.8, 4) is 6.07 Å². The van der Waals surface area contributed by atoms with Crippen LogP contribution in [0.1, 0.15) is 84.0 Å². The monoisotopic (exact) mass is 343 g/mol. The Morgan fingerprint density at radius 3 is 2.32 bits per heavy atom. The predicted molar refractivity (Wildman–Crippen MR) is 105 cm³/mol. The quantitative estimate of drug-likeness (QED) is 0.368. The third-order valence-electron chi connectivity index (χ3n) is 6.81. The molecule has 0 saturated heterocycles. The van der Waals surface area contributed by atoms with E-state index in [1.54, 1.807) is 0 Å². The molecule has 2 nitrogen and oxygen atoms in total. The second-order valence-electron chi connectivity index (χ2n) is 8.25. The summed E-state index contributed by atoms with van der Waals surface area (Å²) >= 11 is 0. The van der Waals surface area contributed by atoms with Crippen molar-refractivity contribution in [2.45, 2.75) is 89.6 Å². The van der Waals surface area contributed by atoms with Crippen LogP contribution >= 0.6 is 0 Å². The maximum absolute atomic E-state index is 8.49. The van der Waals surface area contributed by atoms with Gasteiger partial charge in [-0.15, -0.1) is 0 Å². The lowest BCUT2D eigenvalue weighted by atomic mass is 9.67. The van der Waals surface area contributed by atoms with Crippen LogP contribution in [0.4, 0.5) is 0 Å². The second kappa shape index (κ2) is 10.8. The molecule has 2 heteroatoms. The third-order valence-corrected chi connectivity index (χ3v) is 6.81. The molecule has 25 heavy (non-hydrogen) atoms. The molecular weight excluding hydrogens is 306 g/mol. The molecule has 0 amide bonds. The first-order chi connectivity index (χ1) is 12.2. The summed E-state index contributed by atoms with van der Waals surface area (Å²) in [7, 11) is 1.90. The van der Waals surface area contributed by atoms with Crippen LogP contribution in [-0.4, -0.2) is 12.7 Å². The van der Waals surface area contributed by atoms with E-state index in [-0.39, 0.29) is 5.60 Å². The number of ether oxygens (including phenoxy) is 1. The summed E-state index contributed by atoms with van der Waals surface area (Å²) in [5.74, 6) is 2.95. The van der Waals surface area contributed by atoms with Crippen molar-refractivity contribution in [1.82, 2.24) is 0 Å². The highest BCUT2D eigenvalue weighted by Gasteiger charge is 2.37. The molecule has 0 N–H and O–H groups in total. The maximum Gasteiger partial charge on any atom is 0.0912 e. The average Bonchev–Trinajstić information content (AvgIpc) is 2.66. The van der Waals surface area contributed by atoms with E-state index in [1.807, 2.05) is 25.3 Å². The number of rotatable bonds is 8. The second-order valence-corrected chi connectivity index (χ2v) is 8.25. The molecule has 2 fully saturated rings. The van der Waals surface area contributed by atoms with Gasteiger partial charge in [-0.25, -0.2) is 0 Å². The Morgan fingerprint density at radius 2 is 1.72 bits per heavy atom. The molecule has 0 bridgehead atoms. The van der Waals surface area contributed by atoms with Gasteiger partial charge in [0.1, 0.15) is 0 Å². The molecule has 0 heterocycles. The lowest BCUT2D eigenvalue weighted by Gasteiger charge is -2.43. The Kier molecular flexibility index (Phi) is 8.76. The van der Waals surface area contributed by atoms with Crippen molar-refractivity contribution in [3.63, 3.8) is 0 Å². The fourth-order valence-electron chi connectivity index (χ4n) is 5.17. The molecular formula is C23H37NO. The maximum atomic E-state index is 8.49. The van der Waals surface area contributed by atoms with Crippen molar-refractivity contribution in [1.29, 1.82) is 5.26 Å². The van der Waals surface area contributed by atoms with Crippen molar-refractivity contribution in [2.24, 2.45) is 17.8 Å². The minimum atomic E-state index is 0.0964. The summed E-state index contributed by atoms with van der Waals surface area (Å²) < 4.78 is 5.99. The Bertz CT molecular complexity index is 457. The van der Waals surface area contributed by atoms with Crippen molar-refractivity contribution in [2.75, 3.05) is 7.11 Å². The molecule has 0 aromatic heterocycles. The number of nitrogens with zero attached hydrogens (tertiary/aromatic N) is 1. The van der Waals surface area contributed by atoms with Gasteiger partial charge in [0.05, 0.1) is 11.7 Å². The zero-order valence-electron chi connectivity index (χ0n) is 16.4. The fourth-order valence-corrected chi connectivity index (χ4v) is 5.17. The van der Waals surface area contributed by atoms with E-state index in [2.05, 4.69) is 13.0 Å². The van der Waals surface area contributed by atoms with E-state index < -0.39 is 0 Å². The summed E-state index contributed by atoms with van der Waals surface area (Å²) in [6.45, 7) is 2.33. The van der Waals surface area contributed by atoms with E-state index in [1.165, 1.54) is 70.3 Å². The summed E-state index contributed by atoms with van der Waals surface area (Å²) in [5.41, 5.74) is 0.0964. The third kappa shape index (κ3) is 6.30. The van der Waals surface area contributed by atoms with Crippen LogP contribution in [0.3, 0.4) is 0 Å². The standard InChI is InChI=1S/C23H37NO/c1-3-9-20-10-12-21(13-11-20)22-14-17-23(25-2,18-15-22)16-7-5-4-6-8-19-24/h4-6,8,20-22H,3,7,9-18H2,1-2H3/t20-,21-,22-,23+. The van der Waals surface area contributed by atoms with Gasteiger partial charge in [0.15, 0.2) is 0 Å². The molecule has 0 radical (unpaired) electrons. The Morgan fingerprint density at radius 1 is 1.04 bits per heavy atom. The fraction of sp³-hybridized carbons (Fsp3) is 0.783. The molecule has 2 aliphatic rings. The zero-order valence-corrected chi connectivity index (χ0v) is 16.4. The molecule has 0 spiro atoms. The summed E-state index contributed by atoms with van der Waals surface area (Å²) in [5, 5.41) is 8.49. The Hall–Kier alpha value is -1.07. The van der Waals surface area contributed by atoms with Gasteiger partial charge in [-0.1, -0.05) is 50.8 Å². The van der Waals surface area contributed by atoms with Gasteiger partial charge in [-0.05, 0) is 69.1 Å². The van der Waals surface area contributed by atoms with E-state index in [0.717, 1.165) is 30.6 Å². The number of hydrogen-bond acceptors (Lipinski definition) is 2. The van der Waals surface area contributed by atoms with E-state index in [0.29, 0.717) is 0 Å². The minimum Gasteiger partial charge on any atom is -0.378 e. The summed E-state index contributed by atoms with van der Waals surface area (Å²) in [6, 6.07) is 2.02. The number of hydrogen-bond donors (Lipinski definition) is 0. The van der Waals surface area contributed by atoms with Crippen LogP contribution in [0.25, 0.3) is 0 Å². The normalized spacial score (nSPS) is 33.7. The lowest BCUT2D eigenvalue weighted by Crippen LogP contribution is -2.38. The number of nitriles is 1. The van der Waals surface area contributed by atoms with Crippen LogP contribution < -0.4 is 0 Å². The van der Waals surface area contributed by atoms with E-state index >= 15 is 0 Å². The van der Waals surface area contributed by atoms with Crippen LogP contribution in [0.15, 0.2) is 24.3 Å². The van der Waals surface area contributed by atoms with Crippen LogP contribution in [0, 0.1) is 29.1 Å². The average molecular weight is 344 g/mol. The van der Waals surface area contributed by atoms with Gasteiger partial charge in [-0.3, -0.25) is 0 Å². The van der Waals surface area contributed by atoms with E-state index in [4.69, 9.17) is 10.00 Å². The smallest absolute Gasteiger partial charge is 0.0912 e. The number of methoxy groups -OCH3 is 1. The predicted octanol–water partition coefficient (Wildman–Crippen LogP) is 6.58. The molecule has 2 saturated carbocycles. The topological polar surface area (TPSA) is 33.0 Å². The molecule has 0 unspecified atom stereocenters. The first-order valence-electron chi connectivity index (χ1n) is 10.5. The molecule has 2 rings (SSSR count). The van der Waals surface area contributed by atoms with Gasteiger partial charge in [-0.2, -0.15) is 5.26 Å². The van der Waals surface area contributed by atoms with E-state index in [9.17, 15) is 0 Å². The molecule has 0 aromatic rings. The highest BCUT2D eigenvalue weighted by atomic mass is 16.5. The number of allylic oxidation sites excluding steroid dienone is 4. The zero-order chi connectivity index (χ0) is 18.0. The van der Waals surface area contributed by atoms with Crippen LogP contribution in [0.2, 0.25) is 0 Å². The van der Waals surface area contributed by atoms with Gasteiger partial charge >= 0.3 is 0 Å². The van der Waals surface area contributed by atoms with Crippen molar-refractivity contribution >= 4 is 0 Å². The SMILES string of the molecule is CCC[C@H]1CC[C@H]([C@H]2CC[C@@](CCC=CC=CC#N)(OC)CC2)CC1. The summed E-state index contributed by atoms with van der Waals surface area (Å²) in [6.07, 6.45) is 23.5. The lowest BCUT2D eigenvalue weighted by molar-refractivity contribution is -0.0618. The van der Waals surface area contributed by atoms with Gasteiger partial charge in [0, 0.05) is 13.2 Å².